The van der Waals surface area contributed by atoms with Crippen LogP contribution in [-0.4, -0.2) is 217 Å². The summed E-state index contributed by atoms with van der Waals surface area (Å²) in [5, 5.41) is 34.0. The van der Waals surface area contributed by atoms with Crippen molar-refractivity contribution in [3.8, 4) is 5.75 Å². The summed E-state index contributed by atoms with van der Waals surface area (Å²) in [6.07, 6.45) is 4.29. The second-order valence-corrected chi connectivity index (χ2v) is 39.2. The van der Waals surface area contributed by atoms with Crippen LogP contribution in [0.5, 0.6) is 5.75 Å². The number of aromatic hydroxyl groups is 1. The van der Waals surface area contributed by atoms with Gasteiger partial charge in [-0.05, 0) is 175 Å². The van der Waals surface area contributed by atoms with Gasteiger partial charge in [-0.25, -0.2) is 0 Å². The Kier molecular flexibility index (Phi) is 34.3. The number of nitrogens with one attached hydrogen (secondary N) is 5. The Morgan fingerprint density at radius 2 is 1.27 bits per heavy atom. The molecule has 7 fully saturated rings. The fourth-order valence-corrected chi connectivity index (χ4v) is 19.8. The van der Waals surface area contributed by atoms with E-state index in [4.69, 9.17) is 32.2 Å². The Balaban J connectivity index is 0.901. The quantitative estimate of drug-likeness (QED) is 0.0117. The summed E-state index contributed by atoms with van der Waals surface area (Å²) in [4.78, 5) is 198. The van der Waals surface area contributed by atoms with Crippen molar-refractivity contribution in [2.75, 3.05) is 32.7 Å². The number of nitrogens with two attached hydrogens (primary N) is 4. The number of nitrogens with zero attached hydrogens (tertiary/aromatic N) is 5. The number of carboxylic acids is 1. The molecule has 31 nitrogen and oxygen atoms in total. The number of phenolic OH excluding ortho intramolecular Hbond substituents is 1. The lowest BCUT2D eigenvalue weighted by Gasteiger charge is -2.63. The van der Waals surface area contributed by atoms with Crippen LogP contribution in [0, 0.1) is 52.3 Å². The van der Waals surface area contributed by atoms with Gasteiger partial charge < -0.3 is 78.8 Å². The van der Waals surface area contributed by atoms with Gasteiger partial charge in [0.2, 0.25) is 53.2 Å². The van der Waals surface area contributed by atoms with Gasteiger partial charge in [0.05, 0.1) is 46.9 Å². The van der Waals surface area contributed by atoms with Gasteiger partial charge in [0, 0.05) is 94.8 Å². The molecule has 0 aromatic heterocycles. The number of phenols is 1. The number of unbranched alkanes of at least 4 members (excludes halogenated alkanes) is 2. The van der Waals surface area contributed by atoms with E-state index in [0.29, 0.717) is 55.9 Å². The minimum atomic E-state index is -1.35. The van der Waals surface area contributed by atoms with Crippen molar-refractivity contribution in [2.45, 2.75) is 295 Å². The minimum Gasteiger partial charge on any atom is -0.508 e. The molecule has 2 aromatic rings. The van der Waals surface area contributed by atoms with E-state index < -0.39 is 166 Å². The summed E-state index contributed by atoms with van der Waals surface area (Å²) >= 11 is 1.05. The van der Waals surface area contributed by atoms with Gasteiger partial charge >= 0.3 is 13.1 Å². The molecule has 15 atom stereocenters. The molecular weight excluding hydrogens is 1560 g/mol. The van der Waals surface area contributed by atoms with Crippen molar-refractivity contribution < 1.29 is 81.9 Å². The van der Waals surface area contributed by atoms with Gasteiger partial charge in [-0.1, -0.05) is 111 Å². The van der Waals surface area contributed by atoms with Crippen molar-refractivity contribution in [2.24, 2.45) is 85.2 Å². The van der Waals surface area contributed by atoms with E-state index in [0.717, 1.165) is 30.2 Å². The fraction of sp³-hybridized carbons (Fsp3) is 0.690. The summed E-state index contributed by atoms with van der Waals surface area (Å²) in [5.41, 5.74) is 23.0. The van der Waals surface area contributed by atoms with Gasteiger partial charge in [-0.2, -0.15) is 0 Å². The van der Waals surface area contributed by atoms with E-state index in [1.807, 2.05) is 44.2 Å². The summed E-state index contributed by atoms with van der Waals surface area (Å²) in [5.74, 6) is -10.5. The van der Waals surface area contributed by atoms with Crippen molar-refractivity contribution in [3.63, 3.8) is 0 Å². The average Bonchev–Trinajstić information content (AvgIpc) is 1.46. The maximum absolute atomic E-state index is 15.2. The highest BCUT2D eigenvalue weighted by molar-refractivity contribution is 8.02. The summed E-state index contributed by atoms with van der Waals surface area (Å²) in [7, 11) is -0.653. The number of thioether (sulfide) groups is 1. The number of carbonyl (C=O) groups is 13. The first-order valence-electron chi connectivity index (χ1n) is 43.0. The zero-order valence-electron chi connectivity index (χ0n) is 72.6. The summed E-state index contributed by atoms with van der Waals surface area (Å²) < 4.78 is 12.2. The van der Waals surface area contributed by atoms with Crippen LogP contribution in [0.4, 0.5) is 0 Å². The topological polar surface area (TPSA) is 479 Å². The van der Waals surface area contributed by atoms with Crippen LogP contribution in [0.1, 0.15) is 230 Å². The lowest BCUT2D eigenvalue weighted by atomic mass is 9.45. The maximum atomic E-state index is 15.2. The third-order valence-corrected chi connectivity index (χ3v) is 26.3. The lowest BCUT2D eigenvalue weighted by Crippen LogP contribution is -2.63. The van der Waals surface area contributed by atoms with E-state index in [2.05, 4.69) is 71.2 Å². The van der Waals surface area contributed by atoms with E-state index in [1.165, 1.54) is 33.8 Å². The molecule has 0 spiro atoms. The number of imide groups is 1. The third kappa shape index (κ3) is 26.3. The zero-order chi connectivity index (χ0) is 88.5. The Morgan fingerprint density at radius 1 is 0.658 bits per heavy atom. The van der Waals surface area contributed by atoms with E-state index in [1.54, 1.807) is 46.8 Å². The van der Waals surface area contributed by atoms with Gasteiger partial charge in [0.15, 0.2) is 29.3 Å². The molecule has 33 heteroatoms. The number of likely N-dealkylation sites (tertiary alicyclic amines) is 3. The van der Waals surface area contributed by atoms with Gasteiger partial charge in [-0.3, -0.25) is 77.2 Å². The predicted octanol–water partition coefficient (Wildman–Crippen LogP) is 6.13. The largest absolute Gasteiger partial charge is 0.508 e. The smallest absolute Gasteiger partial charge is 0.481 e. The number of aliphatic carboxylic acids is 1. The molecule has 3 aliphatic carbocycles. The number of rotatable bonds is 46. The van der Waals surface area contributed by atoms with E-state index >= 15 is 14.4 Å². The molecule has 4 saturated heterocycles. The Bertz CT molecular complexity index is 4040. The van der Waals surface area contributed by atoms with Gasteiger partial charge in [0.25, 0.3) is 0 Å². The first-order valence-corrected chi connectivity index (χ1v) is 43.9. The molecule has 4 heterocycles. The predicted molar refractivity (Wildman–Crippen MR) is 457 cm³/mol. The summed E-state index contributed by atoms with van der Waals surface area (Å²) in [6, 6.07) is 8.58. The second-order valence-electron chi connectivity index (χ2n) is 37.3. The molecule has 120 heavy (non-hydrogen) atoms. The molecule has 7 aliphatic rings. The number of hydrogen-bond acceptors (Lipinski definition) is 19. The molecule has 2 aromatic carbocycles. The van der Waals surface area contributed by atoms with Gasteiger partial charge in [0.1, 0.15) is 23.9 Å². The molecule has 9 rings (SSSR count). The van der Waals surface area contributed by atoms with Crippen molar-refractivity contribution in [1.82, 2.24) is 41.3 Å². The number of Topliss-reactive ketones (excluding diaryl/α,β-unsaturated/α-hetero) is 3. The summed E-state index contributed by atoms with van der Waals surface area (Å²) in [6.45, 7) is 24.7. The van der Waals surface area contributed by atoms with Crippen LogP contribution in [0.3, 0.4) is 0 Å². The van der Waals surface area contributed by atoms with Crippen LogP contribution in [0.2, 0.25) is 0 Å². The maximum Gasteiger partial charge on any atom is 0.481 e. The second kappa shape index (κ2) is 42.7. The number of ketones is 3. The highest BCUT2D eigenvalue weighted by atomic mass is 32.2. The highest BCUT2D eigenvalue weighted by Crippen LogP contribution is 2.65. The monoisotopic (exact) mass is 1690 g/mol. The van der Waals surface area contributed by atoms with Crippen molar-refractivity contribution in [3.05, 3.63) is 65.7 Å². The van der Waals surface area contributed by atoms with Crippen LogP contribution in [0.25, 0.3) is 0 Å². The molecule has 0 radical (unpaired) electrons. The van der Waals surface area contributed by atoms with Crippen LogP contribution in [0.15, 0.2) is 64.6 Å². The number of amides is 9. The molecule has 2 bridgehead atoms. The van der Waals surface area contributed by atoms with Crippen LogP contribution >= 0.6 is 11.8 Å². The van der Waals surface area contributed by atoms with Crippen LogP contribution < -0.4 is 49.5 Å². The third-order valence-electron chi connectivity index (χ3n) is 24.8. The molecule has 1 unspecified atom stereocenters. The van der Waals surface area contributed by atoms with Crippen LogP contribution in [-0.2, 0) is 84.5 Å². The first kappa shape index (κ1) is 96.5. The molecule has 662 valence electrons. The Morgan fingerprint density at radius 3 is 1.87 bits per heavy atom. The van der Waals surface area contributed by atoms with Crippen molar-refractivity contribution in [1.29, 1.82) is 0 Å². The minimum absolute atomic E-state index is 0.0232. The zero-order valence-corrected chi connectivity index (χ0v) is 73.4. The lowest BCUT2D eigenvalue weighted by molar-refractivity contribution is -0.185. The highest BCUT2D eigenvalue weighted by Gasteiger charge is 2.67. The number of hydrogen-bond donors (Lipinski definition) is 11. The number of carbonyl (C=O) groups excluding carboxylic acids is 12. The normalized spacial score (nSPS) is 22.7. The molecule has 3 saturated carbocycles. The fourth-order valence-electron chi connectivity index (χ4n) is 18.3. The number of carboxylic acid groups (broad SMARTS) is 1. The SMILES string of the molecule is CC(=O)N[C@H](C(=O)N1CCC[C@H]1C(=O)N[C@@H](CCCN=C(N)N)C(=O)C[C@@H](CCCN=C(N)N)C(=O)N1CCC[C@H]1C(=O)C[C@@H](Cc1ccc(O)cc1)C(=O)N[C@H](C(=O)C[C@@H](CC(C)C)C(=O)O)C(C)(C)C)C(C)(C)SC1CC(=O)N(CCCCCC(=O)N[C@@H](Cc2ccccc2)C(=O)N[C@@H](CC(C)C)B2O[C@@H]3[C@@H]4C[C@H](C[C@]3(C)O2)C4(C)C)C1=O. The average molecular weight is 1690 g/mol. The number of aliphatic imine (C=N–C) groups is 2. The van der Waals surface area contributed by atoms with Crippen molar-refractivity contribution >= 4 is 107 Å². The standard InChI is InChI=1S/C87H133BN14O17S/c1-50(2)40-57(81(116)117)46-67(107)72(84(6,7)8)99-75(110)56(42-54-31-33-59(104)34-32-54)45-66(106)63-28-22-38-100(63)78(113)55(26-20-35-93-82(89)90)44-65(105)61(27-21-36-94-83(91)92)97-77(112)64-29-23-39-101(64)80(115)73(95-52(5)103)86(11,12)120-68-48-71(109)102(79(68)114)37-19-15-18-30-70(108)96-62(43-53-24-16-14-17-25-53)76(111)98-69(41-51(3)4)88-118-74-60-47-58(85(60,9)10)49-87(74,13)119-88/h14,16-17,24-25,31-34,50-51,55-58,60-64,68-69,72-74,104H,15,18-23,26-30,35-49H2,1-13H3,(H,95,103)(H,96,108)(H,97,112)(H,98,111)(H,99,110)(H,116,117)(H4,89,90,93)(H4,91,92,94)/t55-,56-,57-,58-,60+,61+,62+,63+,64+,68?,69+,72-,73-,74-,87+/m1/s1. The number of guanidine groups is 2. The Hall–Kier alpha value is -8.98. The van der Waals surface area contributed by atoms with E-state index in [9.17, 15) is 58.2 Å². The van der Waals surface area contributed by atoms with E-state index in [-0.39, 0.29) is 163 Å². The van der Waals surface area contributed by atoms with Gasteiger partial charge in [-0.15, -0.1) is 11.8 Å². The number of benzene rings is 2. The molecular formula is C87H133BN14O17S. The first-order chi connectivity index (χ1) is 56.4. The molecule has 9 amide bonds. The molecule has 4 aliphatic heterocycles. The Labute approximate surface area is 711 Å². The molecule has 15 N–H and O–H groups in total.